The summed E-state index contributed by atoms with van der Waals surface area (Å²) in [4.78, 5) is 23.6. The molecule has 26 heavy (non-hydrogen) atoms. The van der Waals surface area contributed by atoms with Crippen LogP contribution in [0, 0.1) is 0 Å². The molecule has 1 aromatic rings. The van der Waals surface area contributed by atoms with Gasteiger partial charge in [0.25, 0.3) is 0 Å². The molecule has 0 unspecified atom stereocenters. The molecule has 0 aromatic heterocycles. The van der Waals surface area contributed by atoms with Gasteiger partial charge >= 0.3 is 0 Å². The summed E-state index contributed by atoms with van der Waals surface area (Å²) >= 11 is 0. The third kappa shape index (κ3) is 6.38. The van der Waals surface area contributed by atoms with Crippen LogP contribution in [0.25, 0.3) is 0 Å². The maximum atomic E-state index is 11.9. The first-order valence-electron chi connectivity index (χ1n) is 8.94. The van der Waals surface area contributed by atoms with E-state index in [1.807, 2.05) is 18.2 Å². The van der Waals surface area contributed by atoms with Crippen LogP contribution in [0.5, 0.6) is 11.5 Å². The fourth-order valence-electron chi connectivity index (χ4n) is 2.84. The molecule has 0 aliphatic heterocycles. The second-order valence-electron chi connectivity index (χ2n) is 6.24. The van der Waals surface area contributed by atoms with Crippen molar-refractivity contribution in [3.63, 3.8) is 0 Å². The van der Waals surface area contributed by atoms with E-state index in [0.717, 1.165) is 37.0 Å². The standard InChI is InChI=1S/C19H27N3O4/c1-25-16-9-8-14(12-17(16)26-2)10-11-20-18(23)13-19(24)22-21-15-6-4-3-5-7-15/h8-9,12H,3-7,10-11,13H2,1-2H3,(H,20,23)(H,22,24). The molecule has 2 rings (SSSR count). The summed E-state index contributed by atoms with van der Waals surface area (Å²) in [6.07, 6.45) is 5.72. The number of benzene rings is 1. The predicted octanol–water partition coefficient (Wildman–Crippen LogP) is 2.19. The number of hydrazone groups is 1. The number of methoxy groups -OCH3 is 2. The molecule has 7 nitrogen and oxygen atoms in total. The SMILES string of the molecule is COc1ccc(CCNC(=O)CC(=O)NN=C2CCCCC2)cc1OC. The zero-order valence-electron chi connectivity index (χ0n) is 15.5. The number of carbonyl (C=O) groups is 2. The Bertz CT molecular complexity index is 650. The summed E-state index contributed by atoms with van der Waals surface area (Å²) in [5, 5.41) is 6.86. The highest BCUT2D eigenvalue weighted by molar-refractivity contribution is 5.97. The lowest BCUT2D eigenvalue weighted by Gasteiger charge is -2.12. The van der Waals surface area contributed by atoms with E-state index in [1.54, 1.807) is 14.2 Å². The Hall–Kier alpha value is -2.57. The minimum absolute atomic E-state index is 0.220. The van der Waals surface area contributed by atoms with Gasteiger partial charge in [0.05, 0.1) is 14.2 Å². The molecule has 0 radical (unpaired) electrons. The molecular weight excluding hydrogens is 334 g/mol. The Morgan fingerprint density at radius 1 is 1.04 bits per heavy atom. The van der Waals surface area contributed by atoms with Crippen molar-refractivity contribution < 1.29 is 19.1 Å². The molecule has 1 saturated carbocycles. The van der Waals surface area contributed by atoms with Crippen LogP contribution in [0.15, 0.2) is 23.3 Å². The van der Waals surface area contributed by atoms with Crippen molar-refractivity contribution in [3.05, 3.63) is 23.8 Å². The van der Waals surface area contributed by atoms with Gasteiger partial charge in [-0.15, -0.1) is 0 Å². The topological polar surface area (TPSA) is 89.0 Å². The normalized spacial score (nSPS) is 13.7. The van der Waals surface area contributed by atoms with Crippen molar-refractivity contribution >= 4 is 17.5 Å². The number of hydrogen-bond acceptors (Lipinski definition) is 5. The first-order valence-corrected chi connectivity index (χ1v) is 8.94. The third-order valence-electron chi connectivity index (χ3n) is 4.27. The van der Waals surface area contributed by atoms with Crippen molar-refractivity contribution in [3.8, 4) is 11.5 Å². The van der Waals surface area contributed by atoms with Gasteiger partial charge in [-0.2, -0.15) is 5.10 Å². The maximum absolute atomic E-state index is 11.9. The fraction of sp³-hybridized carbons (Fsp3) is 0.526. The van der Waals surface area contributed by atoms with E-state index in [0.29, 0.717) is 24.5 Å². The highest BCUT2D eigenvalue weighted by Gasteiger charge is 2.11. The first-order chi connectivity index (χ1) is 12.6. The molecule has 0 atom stereocenters. The van der Waals surface area contributed by atoms with Crippen LogP contribution in [0.3, 0.4) is 0 Å². The minimum atomic E-state index is -0.383. The lowest BCUT2D eigenvalue weighted by Crippen LogP contribution is -2.31. The second-order valence-corrected chi connectivity index (χ2v) is 6.24. The Labute approximate surface area is 154 Å². The molecule has 0 saturated heterocycles. The van der Waals surface area contributed by atoms with Crippen molar-refractivity contribution in [2.24, 2.45) is 5.10 Å². The monoisotopic (exact) mass is 361 g/mol. The molecular formula is C19H27N3O4. The molecule has 1 aromatic carbocycles. The van der Waals surface area contributed by atoms with Crippen molar-refractivity contribution in [2.75, 3.05) is 20.8 Å². The van der Waals surface area contributed by atoms with Crippen LogP contribution in [0.2, 0.25) is 0 Å². The van der Waals surface area contributed by atoms with Crippen LogP contribution in [0.4, 0.5) is 0 Å². The molecule has 0 heterocycles. The zero-order chi connectivity index (χ0) is 18.8. The number of rotatable bonds is 8. The van der Waals surface area contributed by atoms with E-state index in [9.17, 15) is 9.59 Å². The van der Waals surface area contributed by atoms with Crippen LogP contribution < -0.4 is 20.2 Å². The summed E-state index contributed by atoms with van der Waals surface area (Å²) in [6.45, 7) is 0.441. The van der Waals surface area contributed by atoms with Crippen LogP contribution in [-0.4, -0.2) is 38.3 Å². The maximum Gasteiger partial charge on any atom is 0.249 e. The first kappa shape index (κ1) is 19.8. The van der Waals surface area contributed by atoms with Crippen molar-refractivity contribution in [1.29, 1.82) is 0 Å². The molecule has 2 N–H and O–H groups in total. The van der Waals surface area contributed by atoms with Crippen LogP contribution >= 0.6 is 0 Å². The molecule has 0 bridgehead atoms. The van der Waals surface area contributed by atoms with Gasteiger partial charge in [-0.3, -0.25) is 9.59 Å². The number of nitrogens with one attached hydrogen (secondary N) is 2. The third-order valence-corrected chi connectivity index (χ3v) is 4.27. The largest absolute Gasteiger partial charge is 0.493 e. The van der Waals surface area contributed by atoms with Gasteiger partial charge < -0.3 is 14.8 Å². The summed E-state index contributed by atoms with van der Waals surface area (Å²) in [6, 6.07) is 5.62. The number of hydrogen-bond donors (Lipinski definition) is 2. The number of amides is 2. The van der Waals surface area contributed by atoms with Crippen molar-refractivity contribution in [2.45, 2.75) is 44.9 Å². The summed E-state index contributed by atoms with van der Waals surface area (Å²) in [7, 11) is 3.17. The smallest absolute Gasteiger partial charge is 0.249 e. The average molecular weight is 361 g/mol. The summed E-state index contributed by atoms with van der Waals surface area (Å²) < 4.78 is 10.5. The fourth-order valence-corrected chi connectivity index (χ4v) is 2.84. The molecule has 2 amide bonds. The Kier molecular flexibility index (Phi) is 7.92. The average Bonchev–Trinajstić information content (AvgIpc) is 2.67. The molecule has 7 heteroatoms. The second kappa shape index (κ2) is 10.4. The van der Waals surface area contributed by atoms with E-state index in [2.05, 4.69) is 15.8 Å². The molecule has 1 aliphatic carbocycles. The van der Waals surface area contributed by atoms with E-state index < -0.39 is 0 Å². The Morgan fingerprint density at radius 2 is 1.77 bits per heavy atom. The van der Waals surface area contributed by atoms with Gasteiger partial charge in [-0.25, -0.2) is 5.43 Å². The molecule has 1 fully saturated rings. The van der Waals surface area contributed by atoms with Crippen LogP contribution in [0.1, 0.15) is 44.1 Å². The molecule has 142 valence electrons. The van der Waals surface area contributed by atoms with E-state index in [-0.39, 0.29) is 18.2 Å². The van der Waals surface area contributed by atoms with Gasteiger partial charge in [-0.05, 0) is 49.8 Å². The molecule has 1 aliphatic rings. The van der Waals surface area contributed by atoms with E-state index in [1.165, 1.54) is 6.42 Å². The lowest BCUT2D eigenvalue weighted by molar-refractivity contribution is -0.129. The van der Waals surface area contributed by atoms with E-state index >= 15 is 0 Å². The zero-order valence-corrected chi connectivity index (χ0v) is 15.5. The van der Waals surface area contributed by atoms with Crippen molar-refractivity contribution in [1.82, 2.24) is 10.7 Å². The summed E-state index contributed by atoms with van der Waals surface area (Å²) in [5.41, 5.74) is 4.50. The number of ether oxygens (including phenoxy) is 2. The van der Waals surface area contributed by atoms with Crippen LogP contribution in [-0.2, 0) is 16.0 Å². The highest BCUT2D eigenvalue weighted by Crippen LogP contribution is 2.27. The quantitative estimate of drug-likeness (QED) is 0.549. The minimum Gasteiger partial charge on any atom is -0.493 e. The van der Waals surface area contributed by atoms with Gasteiger partial charge in [0.1, 0.15) is 6.42 Å². The van der Waals surface area contributed by atoms with Gasteiger partial charge in [0.15, 0.2) is 11.5 Å². The Morgan fingerprint density at radius 3 is 2.46 bits per heavy atom. The number of carbonyl (C=O) groups excluding carboxylic acids is 2. The van der Waals surface area contributed by atoms with Gasteiger partial charge in [0, 0.05) is 12.3 Å². The Balaban J connectivity index is 1.70. The lowest BCUT2D eigenvalue weighted by atomic mass is 9.99. The van der Waals surface area contributed by atoms with Gasteiger partial charge in [-0.1, -0.05) is 12.5 Å². The predicted molar refractivity (Wildman–Crippen MR) is 99.5 cm³/mol. The van der Waals surface area contributed by atoms with Gasteiger partial charge in [0.2, 0.25) is 11.8 Å². The van der Waals surface area contributed by atoms with E-state index in [4.69, 9.17) is 9.47 Å². The summed E-state index contributed by atoms with van der Waals surface area (Å²) in [5.74, 6) is 0.618. The highest BCUT2D eigenvalue weighted by atomic mass is 16.5. The molecule has 0 spiro atoms. The number of nitrogens with zero attached hydrogens (tertiary/aromatic N) is 1.